The van der Waals surface area contributed by atoms with Crippen LogP contribution in [0.1, 0.15) is 50.3 Å². The lowest BCUT2D eigenvalue weighted by atomic mass is 10.1. The minimum absolute atomic E-state index is 0.000884. The number of rotatable bonds is 22. The summed E-state index contributed by atoms with van der Waals surface area (Å²) in [6.45, 7) is 11.3. The molecule has 6 rings (SSSR count). The van der Waals surface area contributed by atoms with Gasteiger partial charge in [-0.1, -0.05) is 56.0 Å². The third kappa shape index (κ3) is 14.8. The summed E-state index contributed by atoms with van der Waals surface area (Å²) in [5.41, 5.74) is 1.48. The third-order valence-corrected chi connectivity index (χ3v) is 19.5. The Balaban J connectivity index is 1.48. The molecule has 0 spiro atoms. The van der Waals surface area contributed by atoms with Crippen LogP contribution in [0.25, 0.3) is 11.4 Å². The standard InChI is InChI=1S/C48H66N8O11S3Si/c1-48(2,3)67-47(57)49-26-27-50-69(60,61)41-24-28-54(29-25-41)42-22-23-43(68(58,59)30-31-71(7,8)9)45(44(42)46-51-53-56(52-46)34-37-14-20-40(66-6)21-15-37)70(62,63)55(32-35-10-16-38(64-4)17-11-35)33-36-12-18-39(65-5)19-13-36/h10-23,41,50H,24-34H2,1-9H3,(H,49,57). The molecule has 1 saturated heterocycles. The molecule has 2 N–H and O–H groups in total. The second kappa shape index (κ2) is 22.9. The number of carbonyl (C=O) groups excluding carboxylic acids is 1. The quantitative estimate of drug-likeness (QED) is 0.0570. The Kier molecular flexibility index (Phi) is 17.6. The van der Waals surface area contributed by atoms with Gasteiger partial charge in [0.1, 0.15) is 27.7 Å². The molecular weight excluding hydrogens is 989 g/mol. The Morgan fingerprint density at radius 1 is 0.746 bits per heavy atom. The Morgan fingerprint density at radius 3 is 1.76 bits per heavy atom. The molecule has 0 aliphatic carbocycles. The van der Waals surface area contributed by atoms with Gasteiger partial charge in [-0.25, -0.2) is 34.8 Å². The summed E-state index contributed by atoms with van der Waals surface area (Å²) in [5.74, 6) is 1.33. The van der Waals surface area contributed by atoms with Gasteiger partial charge in [0.25, 0.3) is 0 Å². The maximum absolute atomic E-state index is 16.0. The summed E-state index contributed by atoms with van der Waals surface area (Å²) in [6.07, 6.45) is -0.409. The number of carbonyl (C=O) groups is 1. The van der Waals surface area contributed by atoms with E-state index in [4.69, 9.17) is 24.0 Å². The Bertz CT molecular complexity index is 2890. The largest absolute Gasteiger partial charge is 0.497 e. The van der Waals surface area contributed by atoms with Crippen LogP contribution < -0.4 is 29.1 Å². The van der Waals surface area contributed by atoms with Crippen LogP contribution in [0, 0.1) is 0 Å². The van der Waals surface area contributed by atoms with Crippen LogP contribution in [-0.2, 0) is 54.3 Å². The van der Waals surface area contributed by atoms with Crippen molar-refractivity contribution in [3.8, 4) is 28.6 Å². The number of benzene rings is 4. The number of nitrogens with zero attached hydrogens (tertiary/aromatic N) is 6. The monoisotopic (exact) mass is 1050 g/mol. The molecule has 0 atom stereocenters. The topological polar surface area (TPSA) is 231 Å². The molecule has 2 heterocycles. The fourth-order valence-electron chi connectivity index (χ4n) is 7.81. The van der Waals surface area contributed by atoms with Crippen LogP contribution in [0.5, 0.6) is 17.2 Å². The number of nitrogens with one attached hydrogen (secondary N) is 2. The maximum Gasteiger partial charge on any atom is 0.407 e. The number of alkyl carbamates (subject to hydrolysis) is 1. The first-order chi connectivity index (χ1) is 33.4. The Labute approximate surface area is 419 Å². The summed E-state index contributed by atoms with van der Waals surface area (Å²) in [4.78, 5) is 14.4. The number of anilines is 1. The zero-order chi connectivity index (χ0) is 51.8. The summed E-state index contributed by atoms with van der Waals surface area (Å²) < 4.78 is 114. The number of ether oxygens (including phenoxy) is 4. The molecule has 1 amide bonds. The van der Waals surface area contributed by atoms with Crippen molar-refractivity contribution in [3.63, 3.8) is 0 Å². The first-order valence-electron chi connectivity index (χ1n) is 23.2. The van der Waals surface area contributed by atoms with Crippen molar-refractivity contribution < 1.29 is 49.0 Å². The number of amides is 1. The van der Waals surface area contributed by atoms with Gasteiger partial charge in [0.15, 0.2) is 9.84 Å². The molecule has 71 heavy (non-hydrogen) atoms. The van der Waals surface area contributed by atoms with Crippen LogP contribution in [0.15, 0.2) is 94.7 Å². The highest BCUT2D eigenvalue weighted by atomic mass is 32.2. The molecular formula is C48H66N8O11S3Si. The molecule has 1 fully saturated rings. The van der Waals surface area contributed by atoms with Crippen molar-refractivity contribution in [2.75, 3.05) is 58.2 Å². The fourth-order valence-corrected chi connectivity index (χ4v) is 16.0. The molecule has 0 bridgehead atoms. The van der Waals surface area contributed by atoms with Gasteiger partial charge in [-0.2, -0.15) is 9.10 Å². The van der Waals surface area contributed by atoms with E-state index in [0.717, 1.165) is 5.56 Å². The van der Waals surface area contributed by atoms with Crippen molar-refractivity contribution >= 4 is 49.7 Å². The molecule has 1 aromatic heterocycles. The van der Waals surface area contributed by atoms with Gasteiger partial charge in [0, 0.05) is 53.0 Å². The maximum atomic E-state index is 16.0. The average Bonchev–Trinajstić information content (AvgIpc) is 3.79. The summed E-state index contributed by atoms with van der Waals surface area (Å²) >= 11 is 0. The molecule has 1 aliphatic rings. The van der Waals surface area contributed by atoms with E-state index in [1.807, 2.05) is 36.7 Å². The highest BCUT2D eigenvalue weighted by Crippen LogP contribution is 2.43. The first-order valence-corrected chi connectivity index (χ1v) is 31.5. The summed E-state index contributed by atoms with van der Waals surface area (Å²) in [6, 6.07) is 24.3. The van der Waals surface area contributed by atoms with Crippen molar-refractivity contribution in [2.45, 2.75) is 99.6 Å². The summed E-state index contributed by atoms with van der Waals surface area (Å²) in [7, 11) is -10.4. The van der Waals surface area contributed by atoms with E-state index >= 15 is 8.42 Å². The SMILES string of the molecule is COc1ccc(CN(Cc2ccc(OC)cc2)S(=O)(=O)c2c(S(=O)(=O)CC[Si](C)(C)C)ccc(N3CCC(S(=O)(=O)NCCNC(=O)OC(C)(C)C)CC3)c2-c2nnn(Cc3ccc(OC)cc3)n2)cc1. The molecule has 19 nitrogen and oxygen atoms in total. The molecule has 386 valence electrons. The van der Waals surface area contributed by atoms with Gasteiger partial charge in [-0.05, 0) is 110 Å². The third-order valence-electron chi connectivity index (χ3n) is 11.7. The van der Waals surface area contributed by atoms with Crippen molar-refractivity contribution in [2.24, 2.45) is 0 Å². The van der Waals surface area contributed by atoms with Gasteiger partial charge >= 0.3 is 6.09 Å². The summed E-state index contributed by atoms with van der Waals surface area (Å²) in [5, 5.41) is 15.2. The van der Waals surface area contributed by atoms with Crippen LogP contribution in [0.2, 0.25) is 25.7 Å². The van der Waals surface area contributed by atoms with Gasteiger partial charge in [0.05, 0.1) is 49.3 Å². The first kappa shape index (κ1) is 54.7. The molecule has 0 unspecified atom stereocenters. The Morgan fingerprint density at radius 2 is 1.27 bits per heavy atom. The normalized spacial score (nSPS) is 14.1. The van der Waals surface area contributed by atoms with Gasteiger partial charge in [0.2, 0.25) is 25.9 Å². The minimum Gasteiger partial charge on any atom is -0.497 e. The molecule has 0 radical (unpaired) electrons. The van der Waals surface area contributed by atoms with Crippen molar-refractivity contribution in [1.82, 2.24) is 34.6 Å². The average molecular weight is 1060 g/mol. The van der Waals surface area contributed by atoms with E-state index in [1.165, 1.54) is 29.4 Å². The molecule has 0 saturated carbocycles. The van der Waals surface area contributed by atoms with Crippen LogP contribution in [0.4, 0.5) is 10.5 Å². The Hall–Kier alpha value is -5.59. The lowest BCUT2D eigenvalue weighted by Gasteiger charge is -2.35. The predicted molar refractivity (Wildman–Crippen MR) is 274 cm³/mol. The van der Waals surface area contributed by atoms with E-state index < -0.39 is 64.7 Å². The molecule has 1 aliphatic heterocycles. The van der Waals surface area contributed by atoms with Gasteiger partial charge < -0.3 is 29.2 Å². The number of piperidine rings is 1. The number of hydrogen-bond donors (Lipinski definition) is 2. The molecule has 23 heteroatoms. The zero-order valence-corrected chi connectivity index (χ0v) is 45.3. The number of sulfonamides is 2. The fraction of sp³-hybridized carbons (Fsp3) is 0.458. The molecule has 4 aromatic carbocycles. The number of aromatic nitrogens is 4. The van der Waals surface area contributed by atoms with E-state index in [0.29, 0.717) is 34.4 Å². The van der Waals surface area contributed by atoms with Crippen LogP contribution in [-0.4, -0.2) is 128 Å². The van der Waals surface area contributed by atoms with Crippen molar-refractivity contribution in [1.29, 1.82) is 0 Å². The number of methoxy groups -OCH3 is 3. The minimum atomic E-state index is -4.86. The number of tetrazole rings is 1. The van der Waals surface area contributed by atoms with Gasteiger partial charge in [-0.15, -0.1) is 10.2 Å². The van der Waals surface area contributed by atoms with Gasteiger partial charge in [-0.3, -0.25) is 0 Å². The smallest absolute Gasteiger partial charge is 0.407 e. The second-order valence-corrected chi connectivity index (χ2v) is 31.1. The zero-order valence-electron chi connectivity index (χ0n) is 41.8. The lowest BCUT2D eigenvalue weighted by Crippen LogP contribution is -2.45. The van der Waals surface area contributed by atoms with E-state index in [1.54, 1.807) is 94.6 Å². The lowest BCUT2D eigenvalue weighted by molar-refractivity contribution is 0.0528. The predicted octanol–water partition coefficient (Wildman–Crippen LogP) is 6.33. The van der Waals surface area contributed by atoms with E-state index in [9.17, 15) is 21.6 Å². The van der Waals surface area contributed by atoms with Crippen LogP contribution >= 0.6 is 0 Å². The number of sulfone groups is 1. The second-order valence-electron chi connectivity index (χ2n) is 19.4. The molecule has 5 aromatic rings. The highest BCUT2D eigenvalue weighted by Gasteiger charge is 2.40. The highest BCUT2D eigenvalue weighted by molar-refractivity contribution is 7.93. The van der Waals surface area contributed by atoms with E-state index in [2.05, 4.69) is 20.4 Å². The van der Waals surface area contributed by atoms with E-state index in [-0.39, 0.29) is 81.5 Å². The number of hydrogen-bond acceptors (Lipinski definition) is 15. The van der Waals surface area contributed by atoms with Crippen LogP contribution in [0.3, 0.4) is 0 Å². The van der Waals surface area contributed by atoms with Crippen molar-refractivity contribution in [3.05, 3.63) is 102 Å².